The SMILES string of the molecule is CN1CC[C@](C)(c2ccccc2)NS1(=O)=O. The zero-order chi connectivity index (χ0) is 11.8. The predicted octanol–water partition coefficient (Wildman–Crippen LogP) is 1.07. The Morgan fingerprint density at radius 3 is 2.50 bits per heavy atom. The van der Waals surface area contributed by atoms with Crippen LogP contribution in [0.3, 0.4) is 0 Å². The first-order chi connectivity index (χ1) is 7.44. The fourth-order valence-corrected chi connectivity index (χ4v) is 3.20. The quantitative estimate of drug-likeness (QED) is 0.798. The summed E-state index contributed by atoms with van der Waals surface area (Å²) < 4.78 is 27.6. The maximum absolute atomic E-state index is 11.8. The van der Waals surface area contributed by atoms with Gasteiger partial charge in [-0.05, 0) is 18.9 Å². The van der Waals surface area contributed by atoms with Gasteiger partial charge in [0.25, 0.3) is 10.2 Å². The molecule has 1 atom stereocenters. The maximum atomic E-state index is 11.8. The second-order valence-electron chi connectivity index (χ2n) is 4.38. The monoisotopic (exact) mass is 240 g/mol. The highest BCUT2D eigenvalue weighted by Gasteiger charge is 2.38. The Hall–Kier alpha value is -0.910. The smallest absolute Gasteiger partial charge is 0.195 e. The molecule has 1 aromatic carbocycles. The van der Waals surface area contributed by atoms with Crippen LogP contribution in [-0.4, -0.2) is 26.3 Å². The van der Waals surface area contributed by atoms with Gasteiger partial charge in [-0.2, -0.15) is 17.4 Å². The van der Waals surface area contributed by atoms with E-state index in [1.54, 1.807) is 7.05 Å². The summed E-state index contributed by atoms with van der Waals surface area (Å²) >= 11 is 0. The minimum Gasteiger partial charge on any atom is -0.195 e. The first kappa shape index (κ1) is 11.6. The number of nitrogens with one attached hydrogen (secondary N) is 1. The van der Waals surface area contributed by atoms with Gasteiger partial charge in [0.15, 0.2) is 0 Å². The average Bonchev–Trinajstić information content (AvgIpc) is 2.25. The van der Waals surface area contributed by atoms with Crippen molar-refractivity contribution in [2.45, 2.75) is 18.9 Å². The van der Waals surface area contributed by atoms with E-state index in [-0.39, 0.29) is 0 Å². The van der Waals surface area contributed by atoms with Gasteiger partial charge in [-0.25, -0.2) is 0 Å². The molecule has 0 radical (unpaired) electrons. The van der Waals surface area contributed by atoms with E-state index in [1.165, 1.54) is 4.31 Å². The third kappa shape index (κ3) is 1.98. The van der Waals surface area contributed by atoms with Crippen molar-refractivity contribution in [1.82, 2.24) is 9.03 Å². The Bertz CT molecular complexity index is 472. The van der Waals surface area contributed by atoms with Crippen molar-refractivity contribution in [1.29, 1.82) is 0 Å². The largest absolute Gasteiger partial charge is 0.280 e. The van der Waals surface area contributed by atoms with E-state index in [0.29, 0.717) is 6.54 Å². The molecule has 0 aromatic heterocycles. The lowest BCUT2D eigenvalue weighted by molar-refractivity contribution is 0.302. The van der Waals surface area contributed by atoms with Gasteiger partial charge in [0.1, 0.15) is 0 Å². The molecule has 1 saturated heterocycles. The number of hydrogen-bond acceptors (Lipinski definition) is 2. The summed E-state index contributed by atoms with van der Waals surface area (Å²) in [5.74, 6) is 0. The van der Waals surface area contributed by atoms with Gasteiger partial charge in [-0.3, -0.25) is 0 Å². The lowest BCUT2D eigenvalue weighted by Crippen LogP contribution is -2.55. The Morgan fingerprint density at radius 2 is 1.94 bits per heavy atom. The number of rotatable bonds is 1. The van der Waals surface area contributed by atoms with Crippen LogP contribution < -0.4 is 4.72 Å². The molecule has 1 aliphatic heterocycles. The summed E-state index contributed by atoms with van der Waals surface area (Å²) in [7, 11) is -1.74. The molecule has 2 rings (SSSR count). The topological polar surface area (TPSA) is 49.4 Å². The summed E-state index contributed by atoms with van der Waals surface area (Å²) in [5, 5.41) is 0. The van der Waals surface area contributed by atoms with Crippen LogP contribution in [0.25, 0.3) is 0 Å². The standard InChI is InChI=1S/C11H16N2O2S/c1-11(10-6-4-3-5-7-10)8-9-13(2)16(14,15)12-11/h3-7,12H,8-9H2,1-2H3/t11-/m1/s1. The highest BCUT2D eigenvalue weighted by atomic mass is 32.2. The molecule has 88 valence electrons. The molecule has 1 aliphatic rings. The highest BCUT2D eigenvalue weighted by Crippen LogP contribution is 2.29. The van der Waals surface area contributed by atoms with E-state index in [4.69, 9.17) is 0 Å². The minimum atomic E-state index is -3.33. The second-order valence-corrected chi connectivity index (χ2v) is 6.15. The molecule has 0 saturated carbocycles. The van der Waals surface area contributed by atoms with Gasteiger partial charge in [-0.1, -0.05) is 30.3 Å². The summed E-state index contributed by atoms with van der Waals surface area (Å²) in [4.78, 5) is 0. The first-order valence-corrected chi connectivity index (χ1v) is 6.69. The van der Waals surface area contributed by atoms with Crippen LogP contribution in [0, 0.1) is 0 Å². The van der Waals surface area contributed by atoms with Crippen LogP contribution in [0.4, 0.5) is 0 Å². The minimum absolute atomic E-state index is 0.493. The van der Waals surface area contributed by atoms with Crippen molar-refractivity contribution in [3.63, 3.8) is 0 Å². The van der Waals surface area contributed by atoms with Crippen molar-refractivity contribution >= 4 is 10.2 Å². The fraction of sp³-hybridized carbons (Fsp3) is 0.455. The van der Waals surface area contributed by atoms with Crippen LogP contribution in [0.1, 0.15) is 18.9 Å². The summed E-state index contributed by atoms with van der Waals surface area (Å²) in [6.07, 6.45) is 0.771. The molecule has 5 heteroatoms. The van der Waals surface area contributed by atoms with Crippen molar-refractivity contribution in [3.8, 4) is 0 Å². The third-order valence-corrected chi connectivity index (χ3v) is 4.81. The maximum Gasteiger partial charge on any atom is 0.280 e. The van der Waals surface area contributed by atoms with Gasteiger partial charge in [0.05, 0.1) is 5.54 Å². The second kappa shape index (κ2) is 3.84. The van der Waals surface area contributed by atoms with E-state index < -0.39 is 15.7 Å². The Balaban J connectivity index is 2.35. The lowest BCUT2D eigenvalue weighted by Gasteiger charge is -2.38. The molecule has 0 amide bonds. The van der Waals surface area contributed by atoms with Gasteiger partial charge in [-0.15, -0.1) is 0 Å². The van der Waals surface area contributed by atoms with Crippen LogP contribution in [0.15, 0.2) is 30.3 Å². The Morgan fingerprint density at radius 1 is 1.31 bits per heavy atom. The van der Waals surface area contributed by atoms with Crippen LogP contribution in [0.5, 0.6) is 0 Å². The number of hydrogen-bond donors (Lipinski definition) is 1. The molecule has 1 N–H and O–H groups in total. The predicted molar refractivity (Wildman–Crippen MR) is 63.1 cm³/mol. The number of benzene rings is 1. The highest BCUT2D eigenvalue weighted by molar-refractivity contribution is 7.87. The van der Waals surface area contributed by atoms with Crippen LogP contribution >= 0.6 is 0 Å². The van der Waals surface area contributed by atoms with E-state index in [2.05, 4.69) is 4.72 Å². The summed E-state index contributed by atoms with van der Waals surface area (Å²) in [6, 6.07) is 9.68. The zero-order valence-corrected chi connectivity index (χ0v) is 10.3. The van der Waals surface area contributed by atoms with E-state index >= 15 is 0 Å². The number of nitrogens with zero attached hydrogens (tertiary/aromatic N) is 1. The zero-order valence-electron chi connectivity index (χ0n) is 9.47. The van der Waals surface area contributed by atoms with E-state index in [0.717, 1.165) is 12.0 Å². The lowest BCUT2D eigenvalue weighted by atomic mass is 9.90. The van der Waals surface area contributed by atoms with Crippen LogP contribution in [0.2, 0.25) is 0 Å². The van der Waals surface area contributed by atoms with Crippen molar-refractivity contribution in [2.24, 2.45) is 0 Å². The van der Waals surface area contributed by atoms with Crippen LogP contribution in [-0.2, 0) is 15.7 Å². The van der Waals surface area contributed by atoms with E-state index in [9.17, 15) is 8.42 Å². The van der Waals surface area contributed by atoms with Crippen molar-refractivity contribution in [2.75, 3.05) is 13.6 Å². The molecular formula is C11H16N2O2S. The summed E-state index contributed by atoms with van der Waals surface area (Å²) in [6.45, 7) is 2.47. The third-order valence-electron chi connectivity index (χ3n) is 3.10. The molecule has 1 aromatic rings. The molecular weight excluding hydrogens is 224 g/mol. The molecule has 0 aliphatic carbocycles. The molecule has 0 bridgehead atoms. The molecule has 16 heavy (non-hydrogen) atoms. The Kier molecular flexibility index (Phi) is 2.77. The Labute approximate surface area is 96.5 Å². The van der Waals surface area contributed by atoms with Crippen molar-refractivity contribution in [3.05, 3.63) is 35.9 Å². The van der Waals surface area contributed by atoms with Crippen molar-refractivity contribution < 1.29 is 8.42 Å². The summed E-state index contributed by atoms with van der Waals surface area (Å²) in [5.41, 5.74) is 0.513. The normalized spacial score (nSPS) is 30.1. The molecule has 4 nitrogen and oxygen atoms in total. The molecule has 0 spiro atoms. The van der Waals surface area contributed by atoms with Gasteiger partial charge < -0.3 is 0 Å². The van der Waals surface area contributed by atoms with Gasteiger partial charge in [0.2, 0.25) is 0 Å². The first-order valence-electron chi connectivity index (χ1n) is 5.25. The molecule has 1 heterocycles. The van der Waals surface area contributed by atoms with E-state index in [1.807, 2.05) is 37.3 Å². The van der Waals surface area contributed by atoms with Gasteiger partial charge >= 0.3 is 0 Å². The molecule has 0 unspecified atom stereocenters. The molecule has 1 fully saturated rings. The van der Waals surface area contributed by atoms with Gasteiger partial charge in [0, 0.05) is 13.6 Å². The average molecular weight is 240 g/mol. The fourth-order valence-electron chi connectivity index (χ4n) is 1.92.